The number of ether oxygens (including phenoxy) is 1. The Kier molecular flexibility index (Phi) is 7.79. The van der Waals surface area contributed by atoms with Crippen LogP contribution in [0.1, 0.15) is 24.5 Å². The molecule has 128 valence electrons. The highest BCUT2D eigenvalue weighted by Gasteiger charge is 2.19. The third-order valence-corrected chi connectivity index (χ3v) is 4.66. The Bertz CT molecular complexity index is 487. The highest BCUT2D eigenvalue weighted by atomic mass is 32.1. The molecule has 0 amide bonds. The zero-order valence-electron chi connectivity index (χ0n) is 14.4. The minimum atomic E-state index is 0.785. The van der Waals surface area contributed by atoms with Crippen molar-refractivity contribution in [2.24, 2.45) is 0 Å². The maximum absolute atomic E-state index is 5.50. The summed E-state index contributed by atoms with van der Waals surface area (Å²) in [6.45, 7) is 11.9. The first-order valence-corrected chi connectivity index (χ1v) is 8.99. The number of aryl methyl sites for hydroxylation is 1. The quantitative estimate of drug-likeness (QED) is 0.610. The summed E-state index contributed by atoms with van der Waals surface area (Å²) in [5.74, 6) is 0. The van der Waals surface area contributed by atoms with E-state index in [-0.39, 0.29) is 0 Å². The monoisotopic (exact) mass is 335 g/mol. The molecule has 1 N–H and O–H groups in total. The van der Waals surface area contributed by atoms with Crippen molar-refractivity contribution in [3.63, 3.8) is 0 Å². The van der Waals surface area contributed by atoms with Gasteiger partial charge in [-0.2, -0.15) is 0 Å². The van der Waals surface area contributed by atoms with Gasteiger partial charge in [0.15, 0.2) is 5.11 Å². The van der Waals surface area contributed by atoms with Crippen molar-refractivity contribution in [1.29, 1.82) is 0 Å². The second-order valence-corrected chi connectivity index (χ2v) is 6.36. The van der Waals surface area contributed by atoms with E-state index in [1.165, 1.54) is 11.1 Å². The predicted molar refractivity (Wildman–Crippen MR) is 99.7 cm³/mol. The van der Waals surface area contributed by atoms with E-state index in [0.717, 1.165) is 64.0 Å². The molecule has 0 saturated carbocycles. The van der Waals surface area contributed by atoms with Crippen LogP contribution in [0, 0.1) is 6.92 Å². The van der Waals surface area contributed by atoms with Gasteiger partial charge in [0.2, 0.25) is 0 Å². The lowest BCUT2D eigenvalue weighted by Gasteiger charge is -2.36. The van der Waals surface area contributed by atoms with Gasteiger partial charge in [0.25, 0.3) is 0 Å². The molecule has 0 spiro atoms. The van der Waals surface area contributed by atoms with E-state index >= 15 is 0 Å². The number of rotatable bonds is 7. The Hall–Kier alpha value is -1.17. The van der Waals surface area contributed by atoms with Gasteiger partial charge in [-0.1, -0.05) is 24.3 Å². The number of benzene rings is 1. The first-order chi connectivity index (χ1) is 11.2. The molecule has 0 radical (unpaired) electrons. The molecule has 0 atom stereocenters. The van der Waals surface area contributed by atoms with Crippen molar-refractivity contribution in [2.75, 3.05) is 45.9 Å². The van der Waals surface area contributed by atoms with Crippen LogP contribution in [-0.2, 0) is 11.3 Å². The Morgan fingerprint density at radius 1 is 1.22 bits per heavy atom. The summed E-state index contributed by atoms with van der Waals surface area (Å²) < 4.78 is 5.34. The lowest BCUT2D eigenvalue weighted by atomic mass is 10.1. The van der Waals surface area contributed by atoms with Gasteiger partial charge < -0.3 is 15.0 Å². The van der Waals surface area contributed by atoms with Crippen LogP contribution in [0.3, 0.4) is 0 Å². The summed E-state index contributed by atoms with van der Waals surface area (Å²) in [4.78, 5) is 4.79. The fourth-order valence-corrected chi connectivity index (χ4v) is 3.05. The number of piperazine rings is 1. The topological polar surface area (TPSA) is 27.7 Å². The fourth-order valence-electron chi connectivity index (χ4n) is 2.76. The summed E-state index contributed by atoms with van der Waals surface area (Å²) in [6, 6.07) is 8.64. The van der Waals surface area contributed by atoms with Crippen LogP contribution in [0.25, 0.3) is 0 Å². The fraction of sp³-hybridized carbons (Fsp3) is 0.611. The second-order valence-electron chi connectivity index (χ2n) is 5.97. The van der Waals surface area contributed by atoms with Crippen molar-refractivity contribution in [1.82, 2.24) is 15.1 Å². The van der Waals surface area contributed by atoms with E-state index in [9.17, 15) is 0 Å². The summed E-state index contributed by atoms with van der Waals surface area (Å²) in [5.41, 5.74) is 2.80. The molecule has 1 fully saturated rings. The Morgan fingerprint density at radius 2 is 1.96 bits per heavy atom. The lowest BCUT2D eigenvalue weighted by molar-refractivity contribution is 0.145. The Balaban J connectivity index is 1.67. The van der Waals surface area contributed by atoms with Gasteiger partial charge in [0.05, 0.1) is 0 Å². The van der Waals surface area contributed by atoms with Gasteiger partial charge in [0.1, 0.15) is 0 Å². The third-order valence-electron chi connectivity index (χ3n) is 4.26. The van der Waals surface area contributed by atoms with Gasteiger partial charge in [-0.3, -0.25) is 4.90 Å². The van der Waals surface area contributed by atoms with Crippen LogP contribution < -0.4 is 5.32 Å². The molecule has 1 saturated heterocycles. The molecule has 5 heteroatoms. The van der Waals surface area contributed by atoms with Crippen LogP contribution in [0.15, 0.2) is 24.3 Å². The van der Waals surface area contributed by atoms with Crippen molar-refractivity contribution in [2.45, 2.75) is 26.8 Å². The molecule has 0 aliphatic carbocycles. The molecule has 1 aliphatic heterocycles. The average Bonchev–Trinajstić information content (AvgIpc) is 2.57. The Labute approximate surface area is 145 Å². The lowest BCUT2D eigenvalue weighted by Crippen LogP contribution is -2.51. The van der Waals surface area contributed by atoms with Gasteiger partial charge in [-0.25, -0.2) is 0 Å². The molecule has 1 aromatic rings. The van der Waals surface area contributed by atoms with Crippen LogP contribution >= 0.6 is 12.2 Å². The predicted octanol–water partition coefficient (Wildman–Crippen LogP) is 2.41. The third kappa shape index (κ3) is 6.09. The summed E-state index contributed by atoms with van der Waals surface area (Å²) in [7, 11) is 0. The standard InChI is InChI=1S/C18H29N3OS/c1-3-22-14-6-9-19-18(23)21-12-10-20(11-13-21)15-17-8-5-4-7-16(17)2/h4-5,7-8H,3,6,9-15H2,1-2H3,(H,19,23). The molecule has 0 aromatic heterocycles. The maximum Gasteiger partial charge on any atom is 0.169 e. The molecule has 1 aromatic carbocycles. The van der Waals surface area contributed by atoms with Gasteiger partial charge >= 0.3 is 0 Å². The number of nitrogens with zero attached hydrogens (tertiary/aromatic N) is 2. The Morgan fingerprint density at radius 3 is 2.65 bits per heavy atom. The largest absolute Gasteiger partial charge is 0.382 e. The first-order valence-electron chi connectivity index (χ1n) is 8.58. The minimum absolute atomic E-state index is 0.785. The molecule has 1 aliphatic rings. The van der Waals surface area contributed by atoms with E-state index in [0.29, 0.717) is 0 Å². The van der Waals surface area contributed by atoms with Crippen molar-refractivity contribution in [3.05, 3.63) is 35.4 Å². The zero-order valence-corrected chi connectivity index (χ0v) is 15.2. The number of thiocarbonyl (C=S) groups is 1. The molecule has 23 heavy (non-hydrogen) atoms. The zero-order chi connectivity index (χ0) is 16.5. The summed E-state index contributed by atoms with van der Waals surface area (Å²) in [5, 5.41) is 4.23. The SMILES string of the molecule is CCOCCCNC(=S)N1CCN(Cc2ccccc2C)CC1. The van der Waals surface area contributed by atoms with Gasteiger partial charge in [-0.15, -0.1) is 0 Å². The average molecular weight is 336 g/mol. The van der Waals surface area contributed by atoms with Crippen LogP contribution in [0.5, 0.6) is 0 Å². The molecule has 0 bridgehead atoms. The molecular weight excluding hydrogens is 306 g/mol. The second kappa shape index (κ2) is 9.85. The number of hydrogen-bond donors (Lipinski definition) is 1. The van der Waals surface area contributed by atoms with E-state index < -0.39 is 0 Å². The molecule has 4 nitrogen and oxygen atoms in total. The van der Waals surface area contributed by atoms with Crippen molar-refractivity contribution >= 4 is 17.3 Å². The van der Waals surface area contributed by atoms with E-state index in [4.69, 9.17) is 17.0 Å². The smallest absolute Gasteiger partial charge is 0.169 e. The van der Waals surface area contributed by atoms with Crippen LogP contribution in [0.4, 0.5) is 0 Å². The number of hydrogen-bond acceptors (Lipinski definition) is 3. The van der Waals surface area contributed by atoms with Crippen molar-refractivity contribution in [3.8, 4) is 0 Å². The summed E-state index contributed by atoms with van der Waals surface area (Å²) >= 11 is 5.50. The maximum atomic E-state index is 5.50. The molecular formula is C18H29N3OS. The van der Waals surface area contributed by atoms with Crippen LogP contribution in [-0.4, -0.2) is 60.8 Å². The molecule has 1 heterocycles. The highest BCUT2D eigenvalue weighted by molar-refractivity contribution is 7.80. The van der Waals surface area contributed by atoms with E-state index in [2.05, 4.69) is 46.3 Å². The van der Waals surface area contributed by atoms with E-state index in [1.54, 1.807) is 0 Å². The normalized spacial score (nSPS) is 15.7. The van der Waals surface area contributed by atoms with Crippen LogP contribution in [0.2, 0.25) is 0 Å². The minimum Gasteiger partial charge on any atom is -0.382 e. The highest BCUT2D eigenvalue weighted by Crippen LogP contribution is 2.12. The molecule has 0 unspecified atom stereocenters. The van der Waals surface area contributed by atoms with E-state index in [1.807, 2.05) is 6.92 Å². The molecule has 2 rings (SSSR count). The van der Waals surface area contributed by atoms with Gasteiger partial charge in [0, 0.05) is 52.5 Å². The van der Waals surface area contributed by atoms with Crippen molar-refractivity contribution < 1.29 is 4.74 Å². The van der Waals surface area contributed by atoms with Gasteiger partial charge in [-0.05, 0) is 43.6 Å². The summed E-state index contributed by atoms with van der Waals surface area (Å²) in [6.07, 6.45) is 1.00. The number of nitrogens with one attached hydrogen (secondary N) is 1. The first kappa shape index (κ1) is 18.2.